The molecule has 0 saturated carbocycles. The second-order valence-electron chi connectivity index (χ2n) is 6.03. The Labute approximate surface area is 135 Å². The van der Waals surface area contributed by atoms with Gasteiger partial charge in [0.05, 0.1) is 12.1 Å². The van der Waals surface area contributed by atoms with Crippen LogP contribution in [0.5, 0.6) is 0 Å². The molecule has 0 amide bonds. The maximum atomic E-state index is 10.5. The standard InChI is InChI=1S/C17H23N3OS/c1-12(17-19-18-13(2)22-17)20-10-6-9-15(20)11-16(21)14-7-4-3-5-8-14/h3-5,7-8,12,15-16,21H,6,9-11H2,1-2H3/t12-,15-,16+/m0/s1. The minimum Gasteiger partial charge on any atom is -0.388 e. The molecule has 1 aliphatic rings. The molecule has 1 N–H and O–H groups in total. The monoisotopic (exact) mass is 317 g/mol. The average Bonchev–Trinajstić information content (AvgIpc) is 3.16. The summed E-state index contributed by atoms with van der Waals surface area (Å²) in [6.45, 7) is 5.27. The van der Waals surface area contributed by atoms with E-state index in [0.717, 1.165) is 35.0 Å². The molecule has 4 nitrogen and oxygen atoms in total. The van der Waals surface area contributed by atoms with Crippen LogP contribution in [-0.2, 0) is 0 Å². The summed E-state index contributed by atoms with van der Waals surface area (Å²) in [5.74, 6) is 0. The fraction of sp³-hybridized carbons (Fsp3) is 0.529. The van der Waals surface area contributed by atoms with Crippen LogP contribution in [0.2, 0.25) is 0 Å². The SMILES string of the molecule is Cc1nnc([C@H](C)N2CCC[C@H]2C[C@@H](O)c2ccccc2)s1. The third kappa shape index (κ3) is 3.37. The molecule has 1 aromatic carbocycles. The highest BCUT2D eigenvalue weighted by molar-refractivity contribution is 7.11. The molecule has 3 atom stereocenters. The van der Waals surface area contributed by atoms with Crippen molar-refractivity contribution < 1.29 is 5.11 Å². The minimum atomic E-state index is -0.393. The van der Waals surface area contributed by atoms with Crippen LogP contribution in [0.1, 0.15) is 53.9 Å². The number of hydrogen-bond donors (Lipinski definition) is 1. The van der Waals surface area contributed by atoms with E-state index in [1.807, 2.05) is 37.3 Å². The second-order valence-corrected chi connectivity index (χ2v) is 7.24. The Bertz CT molecular complexity index is 601. The zero-order valence-corrected chi connectivity index (χ0v) is 14.0. The van der Waals surface area contributed by atoms with Crippen molar-refractivity contribution in [2.75, 3.05) is 6.54 Å². The predicted molar refractivity (Wildman–Crippen MR) is 88.8 cm³/mol. The van der Waals surface area contributed by atoms with Crippen LogP contribution in [-0.4, -0.2) is 32.8 Å². The molecule has 1 aliphatic heterocycles. The van der Waals surface area contributed by atoms with Crippen LogP contribution in [0.25, 0.3) is 0 Å². The zero-order chi connectivity index (χ0) is 15.5. The number of aliphatic hydroxyl groups is 1. The van der Waals surface area contributed by atoms with E-state index in [4.69, 9.17) is 0 Å². The molecule has 1 fully saturated rings. The van der Waals surface area contributed by atoms with Crippen LogP contribution in [0.3, 0.4) is 0 Å². The Balaban J connectivity index is 1.68. The van der Waals surface area contributed by atoms with Crippen molar-refractivity contribution in [1.29, 1.82) is 0 Å². The minimum absolute atomic E-state index is 0.279. The van der Waals surface area contributed by atoms with Crippen molar-refractivity contribution in [3.05, 3.63) is 45.9 Å². The summed E-state index contributed by atoms with van der Waals surface area (Å²) in [6, 6.07) is 10.6. The van der Waals surface area contributed by atoms with E-state index in [1.165, 1.54) is 6.42 Å². The number of benzene rings is 1. The van der Waals surface area contributed by atoms with E-state index in [2.05, 4.69) is 22.0 Å². The summed E-state index contributed by atoms with van der Waals surface area (Å²) in [7, 11) is 0. The lowest BCUT2D eigenvalue weighted by Gasteiger charge is -2.30. The number of hydrogen-bond acceptors (Lipinski definition) is 5. The van der Waals surface area contributed by atoms with Gasteiger partial charge in [0.1, 0.15) is 10.0 Å². The summed E-state index contributed by atoms with van der Waals surface area (Å²) in [4.78, 5) is 2.48. The van der Waals surface area contributed by atoms with E-state index in [-0.39, 0.29) is 6.04 Å². The molecule has 0 bridgehead atoms. The fourth-order valence-electron chi connectivity index (χ4n) is 3.31. The van der Waals surface area contributed by atoms with Gasteiger partial charge in [-0.1, -0.05) is 30.3 Å². The van der Waals surface area contributed by atoms with Gasteiger partial charge in [-0.05, 0) is 45.2 Å². The maximum Gasteiger partial charge on any atom is 0.134 e. The first kappa shape index (κ1) is 15.6. The first-order valence-corrected chi connectivity index (χ1v) is 8.75. The fourth-order valence-corrected chi connectivity index (χ4v) is 4.08. The van der Waals surface area contributed by atoms with Crippen molar-refractivity contribution in [3.8, 4) is 0 Å². The smallest absolute Gasteiger partial charge is 0.134 e. The van der Waals surface area contributed by atoms with E-state index in [1.54, 1.807) is 11.3 Å². The summed E-state index contributed by atoms with van der Waals surface area (Å²) in [5.41, 5.74) is 1.01. The van der Waals surface area contributed by atoms with Gasteiger partial charge in [-0.15, -0.1) is 21.5 Å². The second kappa shape index (κ2) is 6.86. The Morgan fingerprint density at radius 2 is 2.09 bits per heavy atom. The number of rotatable bonds is 5. The van der Waals surface area contributed by atoms with E-state index in [9.17, 15) is 5.11 Å². The molecule has 3 rings (SSSR count). The lowest BCUT2D eigenvalue weighted by molar-refractivity contribution is 0.103. The highest BCUT2D eigenvalue weighted by Crippen LogP contribution is 2.34. The predicted octanol–water partition coefficient (Wildman–Crippen LogP) is 3.50. The summed E-state index contributed by atoms with van der Waals surface area (Å²) >= 11 is 1.67. The molecule has 1 aromatic heterocycles. The number of aromatic nitrogens is 2. The lowest BCUT2D eigenvalue weighted by atomic mass is 10.00. The van der Waals surface area contributed by atoms with Crippen molar-refractivity contribution >= 4 is 11.3 Å². The van der Waals surface area contributed by atoms with Gasteiger partial charge in [0.15, 0.2) is 0 Å². The molecular formula is C17H23N3OS. The van der Waals surface area contributed by atoms with Gasteiger partial charge in [0.25, 0.3) is 0 Å². The van der Waals surface area contributed by atoms with Crippen LogP contribution >= 0.6 is 11.3 Å². The number of aliphatic hydroxyl groups excluding tert-OH is 1. The lowest BCUT2D eigenvalue weighted by Crippen LogP contribution is -2.33. The normalized spacial score (nSPS) is 21.9. The van der Waals surface area contributed by atoms with Crippen molar-refractivity contribution in [2.45, 2.75) is 51.3 Å². The third-order valence-electron chi connectivity index (χ3n) is 4.50. The molecular weight excluding hydrogens is 294 g/mol. The number of nitrogens with zero attached hydrogens (tertiary/aromatic N) is 3. The third-order valence-corrected chi connectivity index (χ3v) is 5.51. The average molecular weight is 317 g/mol. The molecule has 0 radical (unpaired) electrons. The number of aryl methyl sites for hydroxylation is 1. The van der Waals surface area contributed by atoms with E-state index >= 15 is 0 Å². The molecule has 0 aliphatic carbocycles. The number of likely N-dealkylation sites (tertiary alicyclic amines) is 1. The molecule has 5 heteroatoms. The van der Waals surface area contributed by atoms with E-state index < -0.39 is 6.10 Å². The molecule has 2 aromatic rings. The quantitative estimate of drug-likeness (QED) is 0.917. The van der Waals surface area contributed by atoms with Gasteiger partial charge in [-0.25, -0.2) is 0 Å². The summed E-state index contributed by atoms with van der Waals surface area (Å²) in [5, 5.41) is 21.0. The van der Waals surface area contributed by atoms with Crippen molar-refractivity contribution in [3.63, 3.8) is 0 Å². The molecule has 0 unspecified atom stereocenters. The first-order chi connectivity index (χ1) is 10.6. The van der Waals surface area contributed by atoms with Gasteiger partial charge in [-0.2, -0.15) is 0 Å². The Hall–Kier alpha value is -1.30. The van der Waals surface area contributed by atoms with Gasteiger partial charge in [-0.3, -0.25) is 4.90 Å². The Kier molecular flexibility index (Phi) is 4.86. The van der Waals surface area contributed by atoms with Crippen molar-refractivity contribution in [2.24, 2.45) is 0 Å². The molecule has 0 spiro atoms. The highest BCUT2D eigenvalue weighted by Gasteiger charge is 2.32. The van der Waals surface area contributed by atoms with Crippen molar-refractivity contribution in [1.82, 2.24) is 15.1 Å². The van der Waals surface area contributed by atoms with Gasteiger partial charge >= 0.3 is 0 Å². The van der Waals surface area contributed by atoms with Crippen LogP contribution in [0.15, 0.2) is 30.3 Å². The largest absolute Gasteiger partial charge is 0.388 e. The summed E-state index contributed by atoms with van der Waals surface area (Å²) in [6.07, 6.45) is 2.72. The van der Waals surface area contributed by atoms with Crippen LogP contribution in [0, 0.1) is 6.92 Å². The maximum absolute atomic E-state index is 10.5. The molecule has 22 heavy (non-hydrogen) atoms. The first-order valence-electron chi connectivity index (χ1n) is 7.94. The molecule has 118 valence electrons. The molecule has 2 heterocycles. The Morgan fingerprint density at radius 1 is 1.32 bits per heavy atom. The Morgan fingerprint density at radius 3 is 2.77 bits per heavy atom. The van der Waals surface area contributed by atoms with Gasteiger partial charge in [0.2, 0.25) is 0 Å². The van der Waals surface area contributed by atoms with Gasteiger partial charge in [0, 0.05) is 6.04 Å². The zero-order valence-electron chi connectivity index (χ0n) is 13.1. The van der Waals surface area contributed by atoms with Gasteiger partial charge < -0.3 is 5.11 Å². The van der Waals surface area contributed by atoms with Crippen LogP contribution in [0.4, 0.5) is 0 Å². The molecule has 1 saturated heterocycles. The highest BCUT2D eigenvalue weighted by atomic mass is 32.1. The summed E-state index contributed by atoms with van der Waals surface area (Å²) < 4.78 is 0. The topological polar surface area (TPSA) is 49.2 Å². The van der Waals surface area contributed by atoms with Crippen LogP contribution < -0.4 is 0 Å². The van der Waals surface area contributed by atoms with E-state index in [0.29, 0.717) is 6.04 Å².